The summed E-state index contributed by atoms with van der Waals surface area (Å²) in [6, 6.07) is -0.0125. The first kappa shape index (κ1) is 17.1. The molecule has 5 aliphatic heterocycles. The van der Waals surface area contributed by atoms with Gasteiger partial charge in [0.25, 0.3) is 0 Å². The van der Waals surface area contributed by atoms with E-state index in [2.05, 4.69) is 13.8 Å². The summed E-state index contributed by atoms with van der Waals surface area (Å²) in [5.74, 6) is -1.78. The highest BCUT2D eigenvalue weighted by Crippen LogP contribution is 2.68. The van der Waals surface area contributed by atoms with Crippen LogP contribution in [0.3, 0.4) is 0 Å². The minimum absolute atomic E-state index is 0.0125. The molecule has 7 heteroatoms. The molecule has 5 rings (SSSR count). The molecule has 0 unspecified atom stereocenters. The minimum atomic E-state index is -0.960. The van der Waals surface area contributed by atoms with Crippen molar-refractivity contribution in [3.05, 3.63) is 0 Å². The second-order valence-electron chi connectivity index (χ2n) is 7.84. The van der Waals surface area contributed by atoms with Crippen LogP contribution < -0.4 is 0 Å². The Morgan fingerprint density at radius 3 is 2.68 bits per heavy atom. The Balaban J connectivity index is 1.88. The average molecular weight is 353 g/mol. The molecule has 7 nitrogen and oxygen atoms in total. The van der Waals surface area contributed by atoms with Crippen LogP contribution in [0, 0.1) is 17.8 Å². The number of ether oxygens (including phenoxy) is 4. The van der Waals surface area contributed by atoms with E-state index in [9.17, 15) is 9.59 Å². The smallest absolute Gasteiger partial charge is 0.410 e. The average Bonchev–Trinajstić information content (AvgIpc) is 3.15. The number of carbonyl (C=O) groups excluding carboxylic acids is 2. The van der Waals surface area contributed by atoms with Crippen LogP contribution in [0.1, 0.15) is 39.5 Å². The van der Waals surface area contributed by atoms with Gasteiger partial charge < -0.3 is 18.9 Å². The number of unbranched alkanes of at least 4 members (excludes halogenated alkanes) is 1. The zero-order valence-electron chi connectivity index (χ0n) is 15.3. The van der Waals surface area contributed by atoms with E-state index in [-0.39, 0.29) is 36.0 Å². The molecule has 0 aromatic rings. The summed E-state index contributed by atoms with van der Waals surface area (Å²) in [7, 11) is 2.79. The van der Waals surface area contributed by atoms with Crippen molar-refractivity contribution >= 4 is 12.1 Å². The van der Waals surface area contributed by atoms with Crippen LogP contribution in [-0.4, -0.2) is 61.3 Å². The van der Waals surface area contributed by atoms with Gasteiger partial charge in [0.15, 0.2) is 5.79 Å². The van der Waals surface area contributed by atoms with Crippen LogP contribution in [0.15, 0.2) is 0 Å². The van der Waals surface area contributed by atoms with Crippen molar-refractivity contribution in [1.82, 2.24) is 4.90 Å². The molecule has 0 aromatic heterocycles. The first-order valence-corrected chi connectivity index (χ1v) is 9.24. The lowest BCUT2D eigenvalue weighted by Gasteiger charge is -2.52. The topological polar surface area (TPSA) is 74.3 Å². The van der Waals surface area contributed by atoms with Crippen molar-refractivity contribution in [2.24, 2.45) is 17.8 Å². The van der Waals surface area contributed by atoms with Crippen LogP contribution >= 0.6 is 0 Å². The number of amides is 1. The van der Waals surface area contributed by atoms with Crippen LogP contribution in [-0.2, 0) is 23.7 Å². The molecule has 4 bridgehead atoms. The molecule has 1 amide bonds. The minimum Gasteiger partial charge on any atom is -0.469 e. The van der Waals surface area contributed by atoms with Crippen molar-refractivity contribution < 1.29 is 28.5 Å². The maximum Gasteiger partial charge on any atom is 0.410 e. The molecule has 1 spiro atoms. The molecular weight excluding hydrogens is 326 g/mol. The number of esters is 1. The molecule has 0 aromatic carbocycles. The van der Waals surface area contributed by atoms with Gasteiger partial charge in [0, 0.05) is 12.0 Å². The van der Waals surface area contributed by atoms with E-state index < -0.39 is 17.2 Å². The first-order chi connectivity index (χ1) is 12.0. The Morgan fingerprint density at radius 2 is 2.04 bits per heavy atom. The number of rotatable bonds is 4. The van der Waals surface area contributed by atoms with E-state index in [0.29, 0.717) is 13.0 Å². The van der Waals surface area contributed by atoms with Crippen molar-refractivity contribution in [1.29, 1.82) is 0 Å². The SMILES string of the molecule is CCCC[C@@]12[C@@H]3C[C@@H]([C@H]4[C@H](C)CO[C@]4(O3)[C@@H]1C(=O)OC)N2C(=O)OC. The van der Waals surface area contributed by atoms with Gasteiger partial charge in [-0.1, -0.05) is 26.7 Å². The zero-order chi connectivity index (χ0) is 18.0. The summed E-state index contributed by atoms with van der Waals surface area (Å²) in [6.45, 7) is 4.72. The third-order valence-corrected chi connectivity index (χ3v) is 6.83. The number of methoxy groups -OCH3 is 2. The van der Waals surface area contributed by atoms with Gasteiger partial charge in [-0.15, -0.1) is 0 Å². The second-order valence-corrected chi connectivity index (χ2v) is 7.84. The fourth-order valence-corrected chi connectivity index (χ4v) is 6.08. The fourth-order valence-electron chi connectivity index (χ4n) is 6.08. The number of hydrogen-bond acceptors (Lipinski definition) is 6. The lowest BCUT2D eigenvalue weighted by molar-refractivity contribution is -0.270. The lowest BCUT2D eigenvalue weighted by Crippen LogP contribution is -2.69. The van der Waals surface area contributed by atoms with Crippen molar-refractivity contribution in [3.63, 3.8) is 0 Å². The highest BCUT2D eigenvalue weighted by molar-refractivity contribution is 5.80. The molecule has 5 fully saturated rings. The summed E-state index contributed by atoms with van der Waals surface area (Å²) in [5.41, 5.74) is -0.735. The summed E-state index contributed by atoms with van der Waals surface area (Å²) in [6.07, 6.45) is 2.68. The Bertz CT molecular complexity index is 596. The van der Waals surface area contributed by atoms with E-state index in [1.54, 1.807) is 0 Å². The Kier molecular flexibility index (Phi) is 3.81. The van der Waals surface area contributed by atoms with E-state index in [1.165, 1.54) is 14.2 Å². The van der Waals surface area contributed by atoms with E-state index in [4.69, 9.17) is 18.9 Å². The molecule has 0 aliphatic carbocycles. The molecule has 25 heavy (non-hydrogen) atoms. The largest absolute Gasteiger partial charge is 0.469 e. The molecule has 0 saturated carbocycles. The molecule has 0 N–H and O–H groups in total. The molecule has 5 heterocycles. The number of hydrogen-bond donors (Lipinski definition) is 0. The Hall–Kier alpha value is -1.34. The Morgan fingerprint density at radius 1 is 1.28 bits per heavy atom. The monoisotopic (exact) mass is 353 g/mol. The molecule has 5 aliphatic rings. The maximum absolute atomic E-state index is 12.9. The molecule has 0 radical (unpaired) electrons. The number of nitrogens with zero attached hydrogens (tertiary/aromatic N) is 1. The van der Waals surface area contributed by atoms with Crippen molar-refractivity contribution in [3.8, 4) is 0 Å². The van der Waals surface area contributed by atoms with Gasteiger partial charge in [-0.2, -0.15) is 0 Å². The Labute approximate surface area is 147 Å². The van der Waals surface area contributed by atoms with Crippen LogP contribution in [0.25, 0.3) is 0 Å². The van der Waals surface area contributed by atoms with E-state index in [0.717, 1.165) is 19.3 Å². The van der Waals surface area contributed by atoms with Crippen molar-refractivity contribution in [2.45, 2.75) is 63.0 Å². The van der Waals surface area contributed by atoms with Crippen molar-refractivity contribution in [2.75, 3.05) is 20.8 Å². The standard InChI is InChI=1S/C18H27NO6/c1-5-6-7-17-12-8-11(19(17)16(21)23-4)13-10(2)9-24-18(13,25-12)14(17)15(20)22-3/h10-14H,5-9H2,1-4H3/t10-,11+,12+,13-,14-,17-,18-/m1/s1. The van der Waals surface area contributed by atoms with Gasteiger partial charge in [0.05, 0.1) is 32.5 Å². The first-order valence-electron chi connectivity index (χ1n) is 9.24. The van der Waals surface area contributed by atoms with Crippen LogP contribution in [0.2, 0.25) is 0 Å². The van der Waals surface area contributed by atoms with Gasteiger partial charge in [-0.3, -0.25) is 9.69 Å². The molecule has 7 atom stereocenters. The molecule has 5 saturated heterocycles. The van der Waals surface area contributed by atoms with Gasteiger partial charge in [0.1, 0.15) is 5.92 Å². The summed E-state index contributed by atoms with van der Waals surface area (Å²) in [5, 5.41) is 0. The third kappa shape index (κ3) is 1.83. The van der Waals surface area contributed by atoms with Gasteiger partial charge in [-0.05, 0) is 18.8 Å². The quantitative estimate of drug-likeness (QED) is 0.719. The van der Waals surface area contributed by atoms with E-state index >= 15 is 0 Å². The highest BCUT2D eigenvalue weighted by atomic mass is 16.7. The lowest BCUT2D eigenvalue weighted by atomic mass is 9.67. The normalized spacial score (nSPS) is 46.4. The molecular formula is C18H27NO6. The summed E-state index contributed by atoms with van der Waals surface area (Å²) < 4.78 is 22.9. The van der Waals surface area contributed by atoms with E-state index in [1.807, 2.05) is 4.90 Å². The molecule has 140 valence electrons. The van der Waals surface area contributed by atoms with Crippen LogP contribution in [0.5, 0.6) is 0 Å². The predicted octanol–water partition coefficient (Wildman–Crippen LogP) is 1.94. The van der Waals surface area contributed by atoms with Gasteiger partial charge in [-0.25, -0.2) is 4.79 Å². The number of carbonyl (C=O) groups is 2. The van der Waals surface area contributed by atoms with Crippen LogP contribution in [0.4, 0.5) is 4.79 Å². The summed E-state index contributed by atoms with van der Waals surface area (Å²) >= 11 is 0. The zero-order valence-corrected chi connectivity index (χ0v) is 15.3. The summed E-state index contributed by atoms with van der Waals surface area (Å²) in [4.78, 5) is 27.5. The fraction of sp³-hybridized carbons (Fsp3) is 0.889. The second kappa shape index (κ2) is 5.58. The maximum atomic E-state index is 12.9. The number of piperidine rings is 1. The predicted molar refractivity (Wildman–Crippen MR) is 86.6 cm³/mol. The highest BCUT2D eigenvalue weighted by Gasteiger charge is 2.84. The van der Waals surface area contributed by atoms with Gasteiger partial charge in [0.2, 0.25) is 0 Å². The third-order valence-electron chi connectivity index (χ3n) is 6.83. The van der Waals surface area contributed by atoms with Gasteiger partial charge >= 0.3 is 12.1 Å².